The van der Waals surface area contributed by atoms with Crippen LogP contribution >= 0.6 is 35.3 Å². The first kappa shape index (κ1) is 27.0. The normalized spacial score (nSPS) is 19.6. The number of thiophene rings is 1. The molecule has 0 aromatic carbocycles. The summed E-state index contributed by atoms with van der Waals surface area (Å²) in [7, 11) is 4.22. The summed E-state index contributed by atoms with van der Waals surface area (Å²) in [6.45, 7) is 8.85. The van der Waals surface area contributed by atoms with Crippen molar-refractivity contribution in [3.63, 3.8) is 0 Å². The van der Waals surface area contributed by atoms with E-state index in [1.807, 2.05) is 36.8 Å². The van der Waals surface area contributed by atoms with Gasteiger partial charge in [0.05, 0.1) is 0 Å². The highest BCUT2D eigenvalue weighted by Crippen LogP contribution is 2.36. The molecule has 2 aromatic rings. The third-order valence-corrected chi connectivity index (χ3v) is 6.84. The largest absolute Gasteiger partial charge is 0.382 e. The van der Waals surface area contributed by atoms with Crippen LogP contribution < -0.4 is 10.6 Å². The van der Waals surface area contributed by atoms with E-state index in [0.717, 1.165) is 56.9 Å². The maximum absolute atomic E-state index is 5.46. The zero-order valence-electron chi connectivity index (χ0n) is 19.7. The molecule has 2 N–H and O–H groups in total. The average molecular weight is 576 g/mol. The first-order valence-corrected chi connectivity index (χ1v) is 12.2. The molecule has 1 saturated heterocycles. The monoisotopic (exact) mass is 575 g/mol. The standard InChI is InChI=1S/C22H37N7OS.HI/c1-5-30-13-8-11-23-22(25-16-20-27-26-17(2)29(20)4)24-15-18-9-6-12-28(3)21(18)19-10-7-14-31-19;/h7,10,14,18,21H,5-6,8-9,11-13,15-16H2,1-4H3,(H2,23,24,25);1H. The lowest BCUT2D eigenvalue weighted by molar-refractivity contribution is 0.125. The average Bonchev–Trinajstić information content (AvgIpc) is 3.40. The Bertz CT molecular complexity index is 811. The molecule has 32 heavy (non-hydrogen) atoms. The Balaban J connectivity index is 0.00000363. The molecule has 0 amide bonds. The number of aliphatic imine (C=N–C) groups is 1. The van der Waals surface area contributed by atoms with Crippen LogP contribution in [0.15, 0.2) is 22.5 Å². The molecule has 0 bridgehead atoms. The Kier molecular flexibility index (Phi) is 11.9. The molecule has 2 atom stereocenters. The maximum atomic E-state index is 5.46. The smallest absolute Gasteiger partial charge is 0.191 e. The van der Waals surface area contributed by atoms with Crippen molar-refractivity contribution in [2.45, 2.75) is 45.7 Å². The fourth-order valence-corrected chi connectivity index (χ4v) is 5.03. The molecule has 180 valence electrons. The van der Waals surface area contributed by atoms with Gasteiger partial charge in [-0.3, -0.25) is 4.90 Å². The Hall–Kier alpha value is -1.24. The fourth-order valence-electron chi connectivity index (χ4n) is 4.05. The van der Waals surface area contributed by atoms with Crippen LogP contribution in [-0.2, 0) is 18.3 Å². The van der Waals surface area contributed by atoms with Gasteiger partial charge in [0.15, 0.2) is 11.8 Å². The summed E-state index contributed by atoms with van der Waals surface area (Å²) >= 11 is 1.86. The molecule has 0 radical (unpaired) electrons. The number of rotatable bonds is 10. The van der Waals surface area contributed by atoms with E-state index in [1.54, 1.807) is 0 Å². The summed E-state index contributed by atoms with van der Waals surface area (Å²) < 4.78 is 7.44. The zero-order chi connectivity index (χ0) is 22.1. The van der Waals surface area contributed by atoms with Gasteiger partial charge in [-0.05, 0) is 64.1 Å². The summed E-state index contributed by atoms with van der Waals surface area (Å²) in [6, 6.07) is 4.88. The van der Waals surface area contributed by atoms with Crippen LogP contribution in [0.25, 0.3) is 0 Å². The summed E-state index contributed by atoms with van der Waals surface area (Å²) in [4.78, 5) is 8.74. The fraction of sp³-hybridized carbons (Fsp3) is 0.682. The van der Waals surface area contributed by atoms with Crippen LogP contribution in [0.3, 0.4) is 0 Å². The van der Waals surface area contributed by atoms with Gasteiger partial charge in [-0.15, -0.1) is 45.5 Å². The second-order valence-corrected chi connectivity index (χ2v) is 9.07. The number of aromatic nitrogens is 3. The van der Waals surface area contributed by atoms with Gasteiger partial charge >= 0.3 is 0 Å². The summed E-state index contributed by atoms with van der Waals surface area (Å²) in [5.41, 5.74) is 0. The summed E-state index contributed by atoms with van der Waals surface area (Å²) in [6.07, 6.45) is 3.40. The van der Waals surface area contributed by atoms with E-state index in [2.05, 4.69) is 50.3 Å². The molecule has 1 aliphatic rings. The van der Waals surface area contributed by atoms with Gasteiger partial charge < -0.3 is 19.9 Å². The second kappa shape index (κ2) is 14.1. The van der Waals surface area contributed by atoms with Crippen LogP contribution in [0.4, 0.5) is 0 Å². The van der Waals surface area contributed by atoms with Gasteiger partial charge in [-0.1, -0.05) is 6.07 Å². The second-order valence-electron chi connectivity index (χ2n) is 8.09. The molecular weight excluding hydrogens is 537 g/mol. The van der Waals surface area contributed by atoms with Crippen LogP contribution in [-0.4, -0.2) is 65.5 Å². The number of halogens is 1. The van der Waals surface area contributed by atoms with E-state index in [9.17, 15) is 0 Å². The maximum Gasteiger partial charge on any atom is 0.191 e. The number of piperidine rings is 1. The molecule has 1 fully saturated rings. The molecule has 3 rings (SSSR count). The number of hydrogen-bond acceptors (Lipinski definition) is 6. The van der Waals surface area contributed by atoms with E-state index in [-0.39, 0.29) is 24.0 Å². The van der Waals surface area contributed by atoms with Crippen molar-refractivity contribution in [1.29, 1.82) is 0 Å². The van der Waals surface area contributed by atoms with Crippen molar-refractivity contribution in [2.75, 3.05) is 39.9 Å². The zero-order valence-corrected chi connectivity index (χ0v) is 22.9. The van der Waals surface area contributed by atoms with Gasteiger partial charge in [0.2, 0.25) is 0 Å². The molecular formula is C22H38IN7OS. The number of aryl methyl sites for hydroxylation is 1. The summed E-state index contributed by atoms with van der Waals surface area (Å²) in [5.74, 6) is 3.13. The van der Waals surface area contributed by atoms with E-state index in [1.165, 1.54) is 17.7 Å². The van der Waals surface area contributed by atoms with Crippen LogP contribution in [0.1, 0.15) is 48.8 Å². The highest BCUT2D eigenvalue weighted by molar-refractivity contribution is 14.0. The van der Waals surface area contributed by atoms with Crippen molar-refractivity contribution in [2.24, 2.45) is 18.0 Å². The quantitative estimate of drug-likeness (QED) is 0.196. The van der Waals surface area contributed by atoms with Crippen molar-refractivity contribution < 1.29 is 4.74 Å². The van der Waals surface area contributed by atoms with E-state index >= 15 is 0 Å². The van der Waals surface area contributed by atoms with Gasteiger partial charge in [0.25, 0.3) is 0 Å². The lowest BCUT2D eigenvalue weighted by Crippen LogP contribution is -2.45. The van der Waals surface area contributed by atoms with Gasteiger partial charge in [-0.25, -0.2) is 4.99 Å². The highest BCUT2D eigenvalue weighted by Gasteiger charge is 2.31. The first-order valence-electron chi connectivity index (χ1n) is 11.3. The van der Waals surface area contributed by atoms with Crippen molar-refractivity contribution in [3.8, 4) is 0 Å². The number of nitrogens with one attached hydrogen (secondary N) is 2. The molecule has 10 heteroatoms. The van der Waals surface area contributed by atoms with E-state index in [4.69, 9.17) is 9.73 Å². The van der Waals surface area contributed by atoms with Crippen LogP contribution in [0.2, 0.25) is 0 Å². The molecule has 0 spiro atoms. The topological polar surface area (TPSA) is 79.6 Å². The van der Waals surface area contributed by atoms with Crippen LogP contribution in [0.5, 0.6) is 0 Å². The molecule has 3 heterocycles. The molecule has 1 aliphatic heterocycles. The Morgan fingerprint density at radius 2 is 2.16 bits per heavy atom. The lowest BCUT2D eigenvalue weighted by atomic mass is 9.88. The predicted octanol–water partition coefficient (Wildman–Crippen LogP) is 3.35. The number of likely N-dealkylation sites (tertiary alicyclic amines) is 1. The minimum absolute atomic E-state index is 0. The minimum Gasteiger partial charge on any atom is -0.382 e. The van der Waals surface area contributed by atoms with Crippen molar-refractivity contribution in [1.82, 2.24) is 30.3 Å². The molecule has 0 saturated carbocycles. The number of nitrogens with zero attached hydrogens (tertiary/aromatic N) is 5. The van der Waals surface area contributed by atoms with Crippen molar-refractivity contribution in [3.05, 3.63) is 34.0 Å². The molecule has 8 nitrogen and oxygen atoms in total. The van der Waals surface area contributed by atoms with Gasteiger partial charge in [0.1, 0.15) is 12.4 Å². The highest BCUT2D eigenvalue weighted by atomic mass is 127. The third kappa shape index (κ3) is 7.67. The van der Waals surface area contributed by atoms with Crippen molar-refractivity contribution >= 4 is 41.3 Å². The molecule has 2 aromatic heterocycles. The Labute approximate surface area is 213 Å². The van der Waals surface area contributed by atoms with E-state index < -0.39 is 0 Å². The molecule has 0 aliphatic carbocycles. The van der Waals surface area contributed by atoms with E-state index in [0.29, 0.717) is 18.5 Å². The number of guanidine groups is 1. The van der Waals surface area contributed by atoms with Crippen LogP contribution in [0, 0.1) is 12.8 Å². The summed E-state index contributed by atoms with van der Waals surface area (Å²) in [5, 5.41) is 17.6. The first-order chi connectivity index (χ1) is 15.1. The lowest BCUT2D eigenvalue weighted by Gasteiger charge is -2.39. The van der Waals surface area contributed by atoms with Gasteiger partial charge in [-0.2, -0.15) is 0 Å². The number of hydrogen-bond donors (Lipinski definition) is 2. The Morgan fingerprint density at radius 1 is 1.31 bits per heavy atom. The Morgan fingerprint density at radius 3 is 2.84 bits per heavy atom. The number of ether oxygens (including phenoxy) is 1. The van der Waals surface area contributed by atoms with Gasteiger partial charge in [0, 0.05) is 44.3 Å². The SMILES string of the molecule is CCOCCCNC(=NCc1nnc(C)n1C)NCC1CCCN(C)C1c1cccs1.I. The molecule has 2 unspecified atom stereocenters. The predicted molar refractivity (Wildman–Crippen MR) is 142 cm³/mol. The minimum atomic E-state index is 0. The third-order valence-electron chi connectivity index (χ3n) is 5.90.